The molecule has 0 bridgehead atoms. The summed E-state index contributed by atoms with van der Waals surface area (Å²) >= 11 is 0. The van der Waals surface area contributed by atoms with Gasteiger partial charge in [-0.25, -0.2) is 0 Å². The van der Waals surface area contributed by atoms with Crippen molar-refractivity contribution in [3.05, 3.63) is 139 Å². The molecule has 0 fully saturated rings. The molecule has 41 heavy (non-hydrogen) atoms. The third-order valence-electron chi connectivity index (χ3n) is 9.33. The molecule has 8 aromatic carbocycles. The van der Waals surface area contributed by atoms with E-state index in [-0.39, 0.29) is 0 Å². The summed E-state index contributed by atoms with van der Waals surface area (Å²) in [6.45, 7) is 4.55. The minimum absolute atomic E-state index is 1.23. The van der Waals surface area contributed by atoms with E-state index in [9.17, 15) is 0 Å². The van der Waals surface area contributed by atoms with E-state index in [1.165, 1.54) is 92.8 Å². The Labute approximate surface area is 238 Å². The Morgan fingerprint density at radius 1 is 0.439 bits per heavy atom. The van der Waals surface area contributed by atoms with Crippen molar-refractivity contribution < 1.29 is 0 Å². The lowest BCUT2D eigenvalue weighted by molar-refractivity contribution is 1.05. The molecule has 192 valence electrons. The van der Waals surface area contributed by atoms with Crippen LogP contribution in [0.4, 0.5) is 0 Å². The lowest BCUT2D eigenvalue weighted by atomic mass is 9.92. The van der Waals surface area contributed by atoms with Gasteiger partial charge in [-0.2, -0.15) is 0 Å². The highest BCUT2D eigenvalue weighted by Gasteiger charge is 2.20. The lowest BCUT2D eigenvalue weighted by Gasteiger charge is -2.17. The predicted molar refractivity (Wildman–Crippen MR) is 177 cm³/mol. The Balaban J connectivity index is 1.38. The molecular formula is C40H27N. The van der Waals surface area contributed by atoms with E-state index < -0.39 is 0 Å². The van der Waals surface area contributed by atoms with Crippen molar-refractivity contribution in [2.45, 2.75) is 13.8 Å². The number of hydrogen-bond acceptors (Lipinski definition) is 0. The smallest absolute Gasteiger partial charge is 0.0613 e. The molecule has 0 unspecified atom stereocenters. The van der Waals surface area contributed by atoms with Gasteiger partial charge in [-0.1, -0.05) is 109 Å². The predicted octanol–water partition coefficient (Wildman–Crippen LogP) is 11.1. The van der Waals surface area contributed by atoms with Gasteiger partial charge in [-0.3, -0.25) is 0 Å². The van der Waals surface area contributed by atoms with Crippen molar-refractivity contribution in [3.8, 4) is 16.8 Å². The highest BCUT2D eigenvalue weighted by atomic mass is 15.0. The van der Waals surface area contributed by atoms with Crippen LogP contribution in [0.25, 0.3) is 81.6 Å². The van der Waals surface area contributed by atoms with Gasteiger partial charge in [0.25, 0.3) is 0 Å². The summed E-state index contributed by atoms with van der Waals surface area (Å²) in [5, 5.41) is 14.4. The first kappa shape index (κ1) is 22.7. The van der Waals surface area contributed by atoms with Gasteiger partial charge in [-0.15, -0.1) is 0 Å². The molecule has 0 saturated heterocycles. The first-order valence-corrected chi connectivity index (χ1v) is 14.4. The normalized spacial score (nSPS) is 12.1. The first-order chi connectivity index (χ1) is 20.2. The Morgan fingerprint density at radius 3 is 1.98 bits per heavy atom. The van der Waals surface area contributed by atoms with Crippen molar-refractivity contribution in [2.24, 2.45) is 0 Å². The van der Waals surface area contributed by atoms with Crippen molar-refractivity contribution >= 4 is 64.8 Å². The van der Waals surface area contributed by atoms with E-state index in [1.807, 2.05) is 0 Å². The first-order valence-electron chi connectivity index (χ1n) is 14.4. The minimum Gasteiger partial charge on any atom is -0.312 e. The van der Waals surface area contributed by atoms with E-state index >= 15 is 0 Å². The summed E-state index contributed by atoms with van der Waals surface area (Å²) in [7, 11) is 0. The zero-order valence-corrected chi connectivity index (χ0v) is 23.1. The molecule has 9 rings (SSSR count). The quantitative estimate of drug-likeness (QED) is 0.199. The molecule has 0 N–H and O–H groups in total. The van der Waals surface area contributed by atoms with Gasteiger partial charge < -0.3 is 4.57 Å². The Morgan fingerprint density at radius 2 is 1.12 bits per heavy atom. The fraction of sp³-hybridized carbons (Fsp3) is 0.0500. The van der Waals surface area contributed by atoms with Crippen molar-refractivity contribution in [3.63, 3.8) is 0 Å². The van der Waals surface area contributed by atoms with Gasteiger partial charge in [0.2, 0.25) is 0 Å². The van der Waals surface area contributed by atoms with Gasteiger partial charge in [-0.05, 0) is 91.8 Å². The second kappa shape index (κ2) is 8.19. The van der Waals surface area contributed by atoms with Crippen LogP contribution < -0.4 is 0 Å². The SMILES string of the molecule is Cc1c(C)n(-c2ccc(-c3ccc4ccccc4c3)c3ccccc23)c2c1cc1ccc3cccc4ccc2c1c34. The molecule has 0 aliphatic carbocycles. The van der Waals surface area contributed by atoms with E-state index in [2.05, 4.69) is 146 Å². The third kappa shape index (κ3) is 3.06. The zero-order chi connectivity index (χ0) is 27.2. The molecule has 1 heterocycles. The van der Waals surface area contributed by atoms with Crippen LogP contribution >= 0.6 is 0 Å². The minimum atomic E-state index is 1.23. The van der Waals surface area contributed by atoms with Gasteiger partial charge in [0.15, 0.2) is 0 Å². The third-order valence-corrected chi connectivity index (χ3v) is 9.33. The highest BCUT2D eigenvalue weighted by Crippen LogP contribution is 2.43. The van der Waals surface area contributed by atoms with E-state index in [0.717, 1.165) is 0 Å². The monoisotopic (exact) mass is 521 g/mol. The Hall–Kier alpha value is -5.14. The maximum absolute atomic E-state index is 2.52. The molecule has 0 radical (unpaired) electrons. The second-order valence-electron chi connectivity index (χ2n) is 11.4. The number of nitrogens with zero attached hydrogens (tertiary/aromatic N) is 1. The van der Waals surface area contributed by atoms with E-state index in [1.54, 1.807) is 0 Å². The van der Waals surface area contributed by atoms with Crippen LogP contribution in [-0.4, -0.2) is 4.57 Å². The van der Waals surface area contributed by atoms with Gasteiger partial charge in [0.1, 0.15) is 0 Å². The van der Waals surface area contributed by atoms with Crippen molar-refractivity contribution in [2.75, 3.05) is 0 Å². The number of hydrogen-bond donors (Lipinski definition) is 0. The van der Waals surface area contributed by atoms with E-state index in [0.29, 0.717) is 0 Å². The largest absolute Gasteiger partial charge is 0.312 e. The standard InChI is InChI=1S/C40H27N/c1-24-25(2)41(40-35-19-18-28-11-7-10-27-15-17-31(23-36(24)40)39(35)38(27)28)37-21-20-32(33-12-5-6-13-34(33)37)30-16-14-26-8-3-4-9-29(26)22-30/h3-23H,1-2H3. The summed E-state index contributed by atoms with van der Waals surface area (Å²) in [5.41, 5.74) is 7.68. The number of fused-ring (bicyclic) bond motifs is 4. The molecule has 1 nitrogen and oxygen atoms in total. The average molecular weight is 522 g/mol. The number of rotatable bonds is 2. The van der Waals surface area contributed by atoms with E-state index in [4.69, 9.17) is 0 Å². The maximum Gasteiger partial charge on any atom is 0.0613 e. The van der Waals surface area contributed by atoms with Crippen LogP contribution in [0.2, 0.25) is 0 Å². The molecule has 0 amide bonds. The van der Waals surface area contributed by atoms with Crippen molar-refractivity contribution in [1.82, 2.24) is 4.57 Å². The molecule has 1 heteroatoms. The van der Waals surface area contributed by atoms with Crippen LogP contribution in [0.15, 0.2) is 127 Å². The highest BCUT2D eigenvalue weighted by molar-refractivity contribution is 6.29. The molecule has 0 aliphatic heterocycles. The van der Waals surface area contributed by atoms with Gasteiger partial charge >= 0.3 is 0 Å². The van der Waals surface area contributed by atoms with Crippen LogP contribution in [0.5, 0.6) is 0 Å². The molecule has 0 saturated carbocycles. The Bertz CT molecular complexity index is 2480. The molecule has 1 aromatic heterocycles. The lowest BCUT2D eigenvalue weighted by Crippen LogP contribution is -1.99. The number of benzene rings is 8. The summed E-state index contributed by atoms with van der Waals surface area (Å²) in [4.78, 5) is 0. The summed E-state index contributed by atoms with van der Waals surface area (Å²) in [5.74, 6) is 0. The fourth-order valence-corrected chi connectivity index (χ4v) is 7.24. The number of aromatic nitrogens is 1. The summed E-state index contributed by atoms with van der Waals surface area (Å²) in [6.07, 6.45) is 0. The Kier molecular flexibility index (Phi) is 4.52. The summed E-state index contributed by atoms with van der Waals surface area (Å²) in [6, 6.07) is 47.2. The average Bonchev–Trinajstić information content (AvgIpc) is 3.28. The van der Waals surface area contributed by atoms with Crippen molar-refractivity contribution in [1.29, 1.82) is 0 Å². The molecule has 0 aliphatic rings. The topological polar surface area (TPSA) is 4.93 Å². The molecular weight excluding hydrogens is 494 g/mol. The molecule has 9 aromatic rings. The van der Waals surface area contributed by atoms with Gasteiger partial charge in [0.05, 0.1) is 11.2 Å². The van der Waals surface area contributed by atoms with Crippen LogP contribution in [0.1, 0.15) is 11.3 Å². The van der Waals surface area contributed by atoms with Gasteiger partial charge in [0, 0.05) is 21.9 Å². The van der Waals surface area contributed by atoms with Crippen LogP contribution in [0, 0.1) is 13.8 Å². The maximum atomic E-state index is 2.52. The van der Waals surface area contributed by atoms with Crippen LogP contribution in [0.3, 0.4) is 0 Å². The number of aryl methyl sites for hydroxylation is 1. The molecule has 0 spiro atoms. The van der Waals surface area contributed by atoms with Crippen LogP contribution in [-0.2, 0) is 0 Å². The summed E-state index contributed by atoms with van der Waals surface area (Å²) < 4.78 is 2.52. The zero-order valence-electron chi connectivity index (χ0n) is 23.1. The fourth-order valence-electron chi connectivity index (χ4n) is 7.24. The second-order valence-corrected chi connectivity index (χ2v) is 11.4. The molecule has 0 atom stereocenters.